The van der Waals surface area contributed by atoms with Gasteiger partial charge in [-0.1, -0.05) is 26.8 Å². The van der Waals surface area contributed by atoms with E-state index in [1.165, 1.54) is 0 Å². The lowest BCUT2D eigenvalue weighted by Gasteiger charge is -2.38. The van der Waals surface area contributed by atoms with Gasteiger partial charge in [0, 0.05) is 6.42 Å². The predicted octanol–water partition coefficient (Wildman–Crippen LogP) is 5.06. The third-order valence-electron chi connectivity index (χ3n) is 4.83. The minimum Gasteiger partial charge on any atom is -0.547 e. The van der Waals surface area contributed by atoms with Crippen LogP contribution in [0.2, 0.25) is 18.1 Å². The van der Waals surface area contributed by atoms with E-state index in [1.807, 2.05) is 6.92 Å². The molecule has 1 aliphatic rings. The largest absolute Gasteiger partial charge is 0.547 e. The van der Waals surface area contributed by atoms with Crippen LogP contribution in [-0.4, -0.2) is 20.9 Å². The van der Waals surface area contributed by atoms with Gasteiger partial charge in [-0.25, -0.2) is 0 Å². The molecule has 1 rings (SSSR count). The third-order valence-corrected chi connectivity index (χ3v) is 9.21. The molecule has 3 nitrogen and oxygen atoms in total. The lowest BCUT2D eigenvalue weighted by atomic mass is 9.84. The fourth-order valence-electron chi connectivity index (χ4n) is 2.45. The van der Waals surface area contributed by atoms with Gasteiger partial charge in [0.15, 0.2) is 0 Å². The average Bonchev–Trinajstić information content (AvgIpc) is 2.38. The fraction of sp³-hybridized carbons (Fsp3) is 0.722. The second-order valence-corrected chi connectivity index (χ2v) is 12.3. The molecule has 0 N–H and O–H groups in total. The Bertz CT molecular complexity index is 432. The number of rotatable bonds is 6. The van der Waals surface area contributed by atoms with Crippen LogP contribution in [0.25, 0.3) is 0 Å². The topological polar surface area (TPSA) is 35.5 Å². The van der Waals surface area contributed by atoms with Crippen molar-refractivity contribution in [2.45, 2.75) is 65.1 Å². The zero-order valence-electron chi connectivity index (χ0n) is 15.1. The highest BCUT2D eigenvalue weighted by Crippen LogP contribution is 2.40. The van der Waals surface area contributed by atoms with Crippen molar-refractivity contribution < 1.29 is 14.0 Å². The first-order chi connectivity index (χ1) is 10.1. The quantitative estimate of drug-likeness (QED) is 0.389. The minimum atomic E-state index is -1.82. The molecule has 0 radical (unpaired) electrons. The van der Waals surface area contributed by atoms with Crippen molar-refractivity contribution in [3.63, 3.8) is 0 Å². The Kier molecular flexibility index (Phi) is 6.47. The van der Waals surface area contributed by atoms with Gasteiger partial charge in [-0.05, 0) is 49.9 Å². The summed E-state index contributed by atoms with van der Waals surface area (Å²) in [5, 5.41) is 0.180. The second-order valence-electron chi connectivity index (χ2n) is 7.56. The second kappa shape index (κ2) is 7.49. The van der Waals surface area contributed by atoms with Crippen molar-refractivity contribution in [2.24, 2.45) is 11.8 Å². The molecular weight excluding hydrogens is 292 g/mol. The van der Waals surface area contributed by atoms with Gasteiger partial charge in [-0.3, -0.25) is 4.79 Å². The number of allylic oxidation sites excluding steroid dienone is 2. The Morgan fingerprint density at radius 1 is 1.50 bits per heavy atom. The summed E-state index contributed by atoms with van der Waals surface area (Å²) in [4.78, 5) is 12.1. The van der Waals surface area contributed by atoms with Gasteiger partial charge >= 0.3 is 5.97 Å². The molecule has 0 heterocycles. The van der Waals surface area contributed by atoms with Gasteiger partial charge < -0.3 is 9.16 Å². The van der Waals surface area contributed by atoms with E-state index >= 15 is 0 Å². The standard InChI is InChI=1S/C18H32O3Si/c1-8-16(17(19)20-9-2)14-11-10-12-15(13-14)21-22(6,7)18(3,4)5/h8,13-14,16H,1,9-12H2,2-7H3. The van der Waals surface area contributed by atoms with Crippen LogP contribution >= 0.6 is 0 Å². The highest BCUT2D eigenvalue weighted by molar-refractivity contribution is 6.74. The number of carbonyl (C=O) groups excluding carboxylic acids is 1. The first-order valence-corrected chi connectivity index (χ1v) is 11.2. The van der Waals surface area contributed by atoms with Crippen LogP contribution in [-0.2, 0) is 14.0 Å². The summed E-state index contributed by atoms with van der Waals surface area (Å²) in [6, 6.07) is 0. The zero-order valence-corrected chi connectivity index (χ0v) is 16.1. The Morgan fingerprint density at radius 3 is 2.64 bits per heavy atom. The number of esters is 1. The van der Waals surface area contributed by atoms with Gasteiger partial charge in [0.05, 0.1) is 18.3 Å². The first-order valence-electron chi connectivity index (χ1n) is 8.31. The summed E-state index contributed by atoms with van der Waals surface area (Å²) >= 11 is 0. The molecule has 0 spiro atoms. The van der Waals surface area contributed by atoms with Gasteiger partial charge in [0.1, 0.15) is 0 Å². The molecule has 0 aromatic carbocycles. The molecule has 0 saturated heterocycles. The molecule has 4 heteroatoms. The van der Waals surface area contributed by atoms with Crippen LogP contribution in [0.5, 0.6) is 0 Å². The smallest absolute Gasteiger partial charge is 0.313 e. The summed E-state index contributed by atoms with van der Waals surface area (Å²) in [5.41, 5.74) is 0. The van der Waals surface area contributed by atoms with Crippen LogP contribution in [0.1, 0.15) is 47.0 Å². The molecule has 2 atom stereocenters. The van der Waals surface area contributed by atoms with E-state index in [1.54, 1.807) is 6.08 Å². The molecule has 2 unspecified atom stereocenters. The maximum Gasteiger partial charge on any atom is 0.313 e. The van der Waals surface area contributed by atoms with E-state index in [0.29, 0.717) is 6.61 Å². The summed E-state index contributed by atoms with van der Waals surface area (Å²) in [6.07, 6.45) is 6.87. The SMILES string of the molecule is C=CC(C(=O)OCC)C1C=C(O[Si](C)(C)C(C)(C)C)CCC1. The highest BCUT2D eigenvalue weighted by atomic mass is 28.4. The normalized spacial score (nSPS) is 20.8. The molecule has 0 aromatic heterocycles. The Hall–Kier alpha value is -1.03. The fourth-order valence-corrected chi connectivity index (χ4v) is 3.58. The van der Waals surface area contributed by atoms with Crippen LogP contribution in [0.15, 0.2) is 24.5 Å². The van der Waals surface area contributed by atoms with Crippen molar-refractivity contribution in [1.29, 1.82) is 0 Å². The Morgan fingerprint density at radius 2 is 2.14 bits per heavy atom. The van der Waals surface area contributed by atoms with E-state index in [-0.39, 0.29) is 22.8 Å². The minimum absolute atomic E-state index is 0.144. The molecule has 0 fully saturated rings. The predicted molar refractivity (Wildman–Crippen MR) is 94.0 cm³/mol. The van der Waals surface area contributed by atoms with E-state index < -0.39 is 8.32 Å². The monoisotopic (exact) mass is 324 g/mol. The summed E-state index contributed by atoms with van der Waals surface area (Å²) in [5.74, 6) is 0.759. The number of ether oxygens (including phenoxy) is 1. The van der Waals surface area contributed by atoms with Crippen molar-refractivity contribution >= 4 is 14.3 Å². The molecule has 22 heavy (non-hydrogen) atoms. The molecule has 0 saturated carbocycles. The summed E-state index contributed by atoms with van der Waals surface area (Å²) in [7, 11) is -1.82. The Labute approximate surface area is 136 Å². The summed E-state index contributed by atoms with van der Waals surface area (Å²) < 4.78 is 11.6. The van der Waals surface area contributed by atoms with Crippen molar-refractivity contribution in [1.82, 2.24) is 0 Å². The van der Waals surface area contributed by atoms with Crippen LogP contribution in [0.4, 0.5) is 0 Å². The van der Waals surface area contributed by atoms with Crippen molar-refractivity contribution in [3.05, 3.63) is 24.5 Å². The van der Waals surface area contributed by atoms with Crippen LogP contribution in [0.3, 0.4) is 0 Å². The molecule has 0 aliphatic heterocycles. The van der Waals surface area contributed by atoms with E-state index in [2.05, 4.69) is 46.5 Å². The molecule has 1 aliphatic carbocycles. The average molecular weight is 325 g/mol. The van der Waals surface area contributed by atoms with Gasteiger partial charge in [0.2, 0.25) is 8.32 Å². The van der Waals surface area contributed by atoms with E-state index in [4.69, 9.17) is 9.16 Å². The highest BCUT2D eigenvalue weighted by Gasteiger charge is 2.40. The zero-order chi connectivity index (χ0) is 17.0. The number of hydrogen-bond donors (Lipinski definition) is 0. The summed E-state index contributed by atoms with van der Waals surface area (Å²) in [6.45, 7) is 17.3. The van der Waals surface area contributed by atoms with Gasteiger partial charge in [0.25, 0.3) is 0 Å². The van der Waals surface area contributed by atoms with Gasteiger partial charge in [-0.2, -0.15) is 0 Å². The third kappa shape index (κ3) is 4.73. The molecule has 0 amide bonds. The number of carbonyl (C=O) groups is 1. The maximum atomic E-state index is 12.1. The molecule has 126 valence electrons. The van der Waals surface area contributed by atoms with Gasteiger partial charge in [-0.15, -0.1) is 6.58 Å². The van der Waals surface area contributed by atoms with E-state index in [0.717, 1.165) is 25.0 Å². The van der Waals surface area contributed by atoms with Crippen LogP contribution in [0, 0.1) is 11.8 Å². The van der Waals surface area contributed by atoms with E-state index in [9.17, 15) is 4.79 Å². The first kappa shape index (κ1) is 19.0. The number of hydrogen-bond acceptors (Lipinski definition) is 3. The lowest BCUT2D eigenvalue weighted by molar-refractivity contribution is -0.147. The molecular formula is C18H32O3Si. The Balaban J connectivity index is 2.88. The van der Waals surface area contributed by atoms with Crippen molar-refractivity contribution in [2.75, 3.05) is 6.61 Å². The molecule has 0 bridgehead atoms. The molecule has 0 aromatic rings. The maximum absolute atomic E-state index is 12.1. The lowest BCUT2D eigenvalue weighted by Crippen LogP contribution is -2.41. The van der Waals surface area contributed by atoms with Crippen molar-refractivity contribution in [3.8, 4) is 0 Å². The van der Waals surface area contributed by atoms with Crippen LogP contribution < -0.4 is 0 Å².